The number of pyridine rings is 1. The zero-order chi connectivity index (χ0) is 15.0. The van der Waals surface area contributed by atoms with Gasteiger partial charge in [0.05, 0.1) is 13.1 Å². The van der Waals surface area contributed by atoms with Crippen LogP contribution in [0.5, 0.6) is 0 Å². The number of ketones is 1. The van der Waals surface area contributed by atoms with Gasteiger partial charge in [0, 0.05) is 36.5 Å². The van der Waals surface area contributed by atoms with Gasteiger partial charge in [-0.25, -0.2) is 10.4 Å². The molecule has 0 amide bonds. The first-order valence-electron chi connectivity index (χ1n) is 7.58. The molecule has 0 aromatic carbocycles. The molecule has 0 aliphatic carbocycles. The molecule has 21 heavy (non-hydrogen) atoms. The highest BCUT2D eigenvalue weighted by atomic mass is 16.1. The van der Waals surface area contributed by atoms with Crippen molar-refractivity contribution >= 4 is 17.3 Å². The minimum absolute atomic E-state index is 0.297. The van der Waals surface area contributed by atoms with Gasteiger partial charge in [-0.1, -0.05) is 6.92 Å². The van der Waals surface area contributed by atoms with E-state index >= 15 is 0 Å². The van der Waals surface area contributed by atoms with E-state index in [0.29, 0.717) is 24.8 Å². The number of fused-ring (bicyclic) bond motifs is 2. The van der Waals surface area contributed by atoms with Crippen LogP contribution in [-0.2, 0) is 4.79 Å². The van der Waals surface area contributed by atoms with Crippen LogP contribution in [0.25, 0.3) is 5.70 Å². The molecule has 0 atom stereocenters. The van der Waals surface area contributed by atoms with Crippen LogP contribution in [0.4, 0.5) is 5.82 Å². The Morgan fingerprint density at radius 1 is 1.38 bits per heavy atom. The van der Waals surface area contributed by atoms with Gasteiger partial charge in [0.2, 0.25) is 0 Å². The lowest BCUT2D eigenvalue weighted by Crippen LogP contribution is -2.47. The fourth-order valence-electron chi connectivity index (χ4n) is 3.15. The zero-order valence-corrected chi connectivity index (χ0v) is 12.9. The van der Waals surface area contributed by atoms with E-state index in [1.807, 2.05) is 12.3 Å². The van der Waals surface area contributed by atoms with Crippen molar-refractivity contribution in [2.75, 3.05) is 24.6 Å². The molecule has 3 heterocycles. The average molecular weight is 286 g/mol. The minimum atomic E-state index is 0.297. The Morgan fingerprint density at radius 3 is 2.90 bits per heavy atom. The second kappa shape index (κ2) is 5.48. The quantitative estimate of drug-likeness (QED) is 0.918. The molecule has 0 unspecified atom stereocenters. The number of Topliss-reactive ketones (excluding diaryl/α,β-unsaturated/α-hetero) is 1. The highest BCUT2D eigenvalue weighted by Gasteiger charge is 2.34. The first-order chi connectivity index (χ1) is 10.1. The number of carbonyl (C=O) groups is 1. The summed E-state index contributed by atoms with van der Waals surface area (Å²) in [6, 6.07) is 4.37. The Bertz CT molecular complexity index is 594. The van der Waals surface area contributed by atoms with Crippen molar-refractivity contribution in [3.63, 3.8) is 0 Å². The Hall–Kier alpha value is -1.88. The Kier molecular flexibility index (Phi) is 3.68. The molecule has 1 N–H and O–H groups in total. The first-order valence-corrected chi connectivity index (χ1v) is 7.58. The van der Waals surface area contributed by atoms with E-state index in [4.69, 9.17) is 0 Å². The van der Waals surface area contributed by atoms with Gasteiger partial charge < -0.3 is 4.90 Å². The summed E-state index contributed by atoms with van der Waals surface area (Å²) in [6.45, 7) is 8.40. The number of aromatic nitrogens is 1. The summed E-state index contributed by atoms with van der Waals surface area (Å²) >= 11 is 0. The van der Waals surface area contributed by atoms with Crippen LogP contribution in [0.1, 0.15) is 32.8 Å². The van der Waals surface area contributed by atoms with Crippen LogP contribution in [-0.4, -0.2) is 41.3 Å². The maximum absolute atomic E-state index is 12.1. The molecule has 0 bridgehead atoms. The number of nitrogens with zero attached hydrogens (tertiary/aromatic N) is 3. The van der Waals surface area contributed by atoms with Crippen LogP contribution in [0, 0.1) is 0 Å². The van der Waals surface area contributed by atoms with E-state index in [0.717, 1.165) is 24.5 Å². The average Bonchev–Trinajstić information content (AvgIpc) is 2.46. The van der Waals surface area contributed by atoms with Gasteiger partial charge in [-0.2, -0.15) is 0 Å². The number of rotatable bonds is 3. The summed E-state index contributed by atoms with van der Waals surface area (Å²) in [6.07, 6.45) is 2.37. The highest BCUT2D eigenvalue weighted by Crippen LogP contribution is 2.38. The van der Waals surface area contributed by atoms with E-state index in [-0.39, 0.29) is 0 Å². The maximum Gasteiger partial charge on any atom is 0.156 e. The lowest BCUT2D eigenvalue weighted by atomic mass is 9.92. The molecule has 3 rings (SSSR count). The first kappa shape index (κ1) is 14.1. The van der Waals surface area contributed by atoms with Crippen molar-refractivity contribution in [3.8, 4) is 0 Å². The molecule has 1 aromatic heterocycles. The zero-order valence-electron chi connectivity index (χ0n) is 12.9. The van der Waals surface area contributed by atoms with Crippen molar-refractivity contribution in [2.24, 2.45) is 0 Å². The molecule has 2 aliphatic heterocycles. The van der Waals surface area contributed by atoms with Crippen LogP contribution >= 0.6 is 0 Å². The van der Waals surface area contributed by atoms with Crippen LogP contribution < -0.4 is 10.4 Å². The third-order valence-electron chi connectivity index (χ3n) is 4.00. The standard InChI is InChI=1S/C16H22N4O/c1-4-18-20-9-12-8-13(21)10-19(11(2)3)15(12)14-6-5-7-17-16(14)20/h5-7,11,18H,4,8-10H2,1-3H3. The molecule has 0 radical (unpaired) electrons. The second-order valence-corrected chi connectivity index (χ2v) is 5.86. The molecule has 5 heteroatoms. The molecule has 112 valence electrons. The fraction of sp³-hybridized carbons (Fsp3) is 0.500. The van der Waals surface area contributed by atoms with E-state index in [1.54, 1.807) is 0 Å². The predicted octanol–water partition coefficient (Wildman–Crippen LogP) is 1.82. The Morgan fingerprint density at radius 2 is 2.19 bits per heavy atom. The largest absolute Gasteiger partial charge is 0.361 e. The molecule has 1 aromatic rings. The second-order valence-electron chi connectivity index (χ2n) is 5.86. The number of hydrogen-bond donors (Lipinski definition) is 1. The molecule has 2 aliphatic rings. The van der Waals surface area contributed by atoms with Gasteiger partial charge in [0.15, 0.2) is 11.6 Å². The van der Waals surface area contributed by atoms with Crippen LogP contribution in [0.2, 0.25) is 0 Å². The van der Waals surface area contributed by atoms with E-state index in [1.165, 1.54) is 11.3 Å². The van der Waals surface area contributed by atoms with Gasteiger partial charge in [0.25, 0.3) is 0 Å². The van der Waals surface area contributed by atoms with Crippen molar-refractivity contribution in [2.45, 2.75) is 33.2 Å². The molecule has 0 saturated carbocycles. The normalized spacial score (nSPS) is 18.2. The number of hydrazine groups is 1. The SMILES string of the molecule is CCNN1CC2=C(c3cccnc31)N(C(C)C)CC(=O)C2. The third-order valence-corrected chi connectivity index (χ3v) is 4.00. The van der Waals surface area contributed by atoms with Crippen molar-refractivity contribution in [1.82, 2.24) is 15.3 Å². The monoisotopic (exact) mass is 286 g/mol. The van der Waals surface area contributed by atoms with Crippen molar-refractivity contribution in [3.05, 3.63) is 29.5 Å². The van der Waals surface area contributed by atoms with E-state index in [2.05, 4.69) is 47.2 Å². The molecular formula is C16H22N4O. The summed E-state index contributed by atoms with van der Waals surface area (Å²) in [4.78, 5) is 18.8. The summed E-state index contributed by atoms with van der Waals surface area (Å²) < 4.78 is 0. The van der Waals surface area contributed by atoms with Gasteiger partial charge in [-0.3, -0.25) is 9.80 Å². The number of hydrogen-bond acceptors (Lipinski definition) is 5. The van der Waals surface area contributed by atoms with Crippen LogP contribution in [0.3, 0.4) is 0 Å². The highest BCUT2D eigenvalue weighted by molar-refractivity contribution is 5.93. The van der Waals surface area contributed by atoms with Gasteiger partial charge in [0.1, 0.15) is 0 Å². The predicted molar refractivity (Wildman–Crippen MR) is 83.6 cm³/mol. The van der Waals surface area contributed by atoms with Crippen molar-refractivity contribution in [1.29, 1.82) is 0 Å². The summed E-state index contributed by atoms with van der Waals surface area (Å²) in [5, 5.41) is 2.06. The lowest BCUT2D eigenvalue weighted by molar-refractivity contribution is -0.119. The molecular weight excluding hydrogens is 264 g/mol. The third kappa shape index (κ3) is 2.42. The Labute approximate surface area is 125 Å². The maximum atomic E-state index is 12.1. The molecule has 0 fully saturated rings. The van der Waals surface area contributed by atoms with E-state index < -0.39 is 0 Å². The van der Waals surface area contributed by atoms with Crippen molar-refractivity contribution < 1.29 is 4.79 Å². The minimum Gasteiger partial charge on any atom is -0.361 e. The van der Waals surface area contributed by atoms with Gasteiger partial charge >= 0.3 is 0 Å². The number of anilines is 1. The Balaban J connectivity index is 2.12. The lowest BCUT2D eigenvalue weighted by Gasteiger charge is -2.42. The van der Waals surface area contributed by atoms with E-state index in [9.17, 15) is 4.79 Å². The molecule has 0 spiro atoms. The topological polar surface area (TPSA) is 48.5 Å². The fourth-order valence-corrected chi connectivity index (χ4v) is 3.15. The number of carbonyl (C=O) groups excluding carboxylic acids is 1. The van der Waals surface area contributed by atoms with Gasteiger partial charge in [-0.15, -0.1) is 0 Å². The van der Waals surface area contributed by atoms with Gasteiger partial charge in [-0.05, 0) is 31.6 Å². The van der Waals surface area contributed by atoms with Crippen LogP contribution in [0.15, 0.2) is 23.9 Å². The molecule has 5 nitrogen and oxygen atoms in total. The molecule has 0 saturated heterocycles. The summed E-state index contributed by atoms with van der Waals surface area (Å²) in [5.41, 5.74) is 6.87. The smallest absolute Gasteiger partial charge is 0.156 e. The summed E-state index contributed by atoms with van der Waals surface area (Å²) in [5.74, 6) is 1.25. The number of nitrogens with one attached hydrogen (secondary N) is 1. The summed E-state index contributed by atoms with van der Waals surface area (Å²) in [7, 11) is 0.